The number of halogens is 1. The fraction of sp³-hybridized carbons (Fsp3) is 0.462. The molecule has 0 atom stereocenters. The lowest BCUT2D eigenvalue weighted by Crippen LogP contribution is -2.07. The highest BCUT2D eigenvalue weighted by molar-refractivity contribution is 7.71. The van der Waals surface area contributed by atoms with Gasteiger partial charge < -0.3 is 14.3 Å². The number of benzene rings is 1. The van der Waals surface area contributed by atoms with E-state index in [-0.39, 0.29) is 5.82 Å². The quantitative estimate of drug-likeness (QED) is 0.665. The average molecular weight is 266 g/mol. The van der Waals surface area contributed by atoms with Gasteiger partial charge in [-0.2, -0.15) is 0 Å². The lowest BCUT2D eigenvalue weighted by atomic mass is 10.3. The molecule has 1 heterocycles. The third-order valence-electron chi connectivity index (χ3n) is 3.25. The van der Waals surface area contributed by atoms with Gasteiger partial charge in [-0.05, 0) is 49.2 Å². The third-order valence-corrected chi connectivity index (χ3v) is 3.57. The second-order valence-electron chi connectivity index (χ2n) is 4.76. The first-order valence-electron chi connectivity index (χ1n) is 6.20. The van der Waals surface area contributed by atoms with Crippen LogP contribution in [0.15, 0.2) is 18.2 Å². The van der Waals surface area contributed by atoms with Gasteiger partial charge in [-0.25, -0.2) is 4.39 Å². The molecule has 96 valence electrons. The summed E-state index contributed by atoms with van der Waals surface area (Å²) in [5.74, 6) is 0.516. The van der Waals surface area contributed by atoms with Crippen molar-refractivity contribution in [2.45, 2.75) is 19.4 Å². The Kier molecular flexibility index (Phi) is 3.18. The molecule has 3 nitrogen and oxygen atoms in total. The number of rotatable bonds is 5. The molecule has 2 aromatic rings. The zero-order valence-corrected chi connectivity index (χ0v) is 10.8. The maximum atomic E-state index is 13.2. The molecule has 0 aliphatic heterocycles. The van der Waals surface area contributed by atoms with Crippen molar-refractivity contribution in [3.63, 3.8) is 0 Å². The highest BCUT2D eigenvalue weighted by atomic mass is 32.1. The number of aromatic nitrogens is 2. The van der Waals surface area contributed by atoms with E-state index in [1.54, 1.807) is 6.07 Å². The number of fused-ring (bicyclic) bond motifs is 1. The molecule has 1 aliphatic rings. The zero-order chi connectivity index (χ0) is 12.5. The van der Waals surface area contributed by atoms with Crippen molar-refractivity contribution in [1.29, 1.82) is 0 Å². The Balaban J connectivity index is 1.74. The SMILES string of the molecule is Fc1ccc2[nH]c(=S)n(CCOCC3CC3)c2c1. The van der Waals surface area contributed by atoms with Crippen LogP contribution in [0.3, 0.4) is 0 Å². The molecular weight excluding hydrogens is 251 g/mol. The van der Waals surface area contributed by atoms with Gasteiger partial charge in [0.15, 0.2) is 4.77 Å². The highest BCUT2D eigenvalue weighted by Gasteiger charge is 2.20. The number of aromatic amines is 1. The van der Waals surface area contributed by atoms with E-state index >= 15 is 0 Å². The van der Waals surface area contributed by atoms with Gasteiger partial charge in [-0.15, -0.1) is 0 Å². The van der Waals surface area contributed by atoms with Gasteiger partial charge in [0.1, 0.15) is 5.82 Å². The van der Waals surface area contributed by atoms with E-state index < -0.39 is 0 Å². The number of ether oxygens (including phenoxy) is 1. The van der Waals surface area contributed by atoms with E-state index in [2.05, 4.69) is 4.98 Å². The minimum atomic E-state index is -0.246. The molecule has 0 radical (unpaired) electrons. The zero-order valence-electron chi connectivity index (χ0n) is 9.99. The fourth-order valence-corrected chi connectivity index (χ4v) is 2.34. The molecule has 1 saturated carbocycles. The molecular formula is C13H15FN2OS. The van der Waals surface area contributed by atoms with Crippen LogP contribution in [0.2, 0.25) is 0 Å². The Morgan fingerprint density at radius 3 is 3.06 bits per heavy atom. The number of hydrogen-bond acceptors (Lipinski definition) is 2. The summed E-state index contributed by atoms with van der Waals surface area (Å²) in [6.07, 6.45) is 2.58. The van der Waals surface area contributed by atoms with Crippen LogP contribution in [0, 0.1) is 16.5 Å². The summed E-state index contributed by atoms with van der Waals surface area (Å²) in [4.78, 5) is 3.07. The van der Waals surface area contributed by atoms with Gasteiger partial charge in [0.2, 0.25) is 0 Å². The van der Waals surface area contributed by atoms with Crippen LogP contribution in [-0.2, 0) is 11.3 Å². The summed E-state index contributed by atoms with van der Waals surface area (Å²) in [7, 11) is 0. The minimum Gasteiger partial charge on any atom is -0.379 e. The van der Waals surface area contributed by atoms with Crippen molar-refractivity contribution in [2.75, 3.05) is 13.2 Å². The minimum absolute atomic E-state index is 0.246. The van der Waals surface area contributed by atoms with E-state index in [4.69, 9.17) is 17.0 Å². The summed E-state index contributed by atoms with van der Waals surface area (Å²) in [5, 5.41) is 0. The molecule has 3 rings (SSSR count). The summed E-state index contributed by atoms with van der Waals surface area (Å²) < 4.78 is 21.3. The van der Waals surface area contributed by atoms with Gasteiger partial charge >= 0.3 is 0 Å². The first-order chi connectivity index (χ1) is 8.74. The molecule has 1 aromatic carbocycles. The van der Waals surface area contributed by atoms with E-state index in [0.29, 0.717) is 17.9 Å². The van der Waals surface area contributed by atoms with E-state index in [9.17, 15) is 4.39 Å². The Morgan fingerprint density at radius 2 is 2.28 bits per heavy atom. The normalized spacial score (nSPS) is 15.4. The van der Waals surface area contributed by atoms with Gasteiger partial charge in [-0.1, -0.05) is 0 Å². The number of nitrogens with zero attached hydrogens (tertiary/aromatic N) is 1. The Labute approximate surface area is 110 Å². The molecule has 0 unspecified atom stereocenters. The highest BCUT2D eigenvalue weighted by Crippen LogP contribution is 2.28. The summed E-state index contributed by atoms with van der Waals surface area (Å²) >= 11 is 5.24. The van der Waals surface area contributed by atoms with Crippen molar-refractivity contribution in [3.8, 4) is 0 Å². The lowest BCUT2D eigenvalue weighted by Gasteiger charge is -2.05. The molecule has 1 fully saturated rings. The van der Waals surface area contributed by atoms with Crippen LogP contribution in [0.25, 0.3) is 11.0 Å². The Hall–Kier alpha value is -1.20. The Bertz CT molecular complexity index is 615. The van der Waals surface area contributed by atoms with Crippen LogP contribution in [-0.4, -0.2) is 22.8 Å². The molecule has 0 spiro atoms. The van der Waals surface area contributed by atoms with Crippen molar-refractivity contribution < 1.29 is 9.13 Å². The summed E-state index contributed by atoms with van der Waals surface area (Å²) in [6, 6.07) is 4.64. The lowest BCUT2D eigenvalue weighted by molar-refractivity contribution is 0.117. The maximum absolute atomic E-state index is 13.2. The molecule has 1 aliphatic carbocycles. The van der Waals surface area contributed by atoms with Gasteiger partial charge in [0, 0.05) is 13.2 Å². The Morgan fingerprint density at radius 1 is 1.44 bits per heavy atom. The second-order valence-corrected chi connectivity index (χ2v) is 5.15. The maximum Gasteiger partial charge on any atom is 0.178 e. The summed E-state index contributed by atoms with van der Waals surface area (Å²) in [6.45, 7) is 2.12. The fourth-order valence-electron chi connectivity index (χ4n) is 2.04. The predicted octanol–water partition coefficient (Wildman–Crippen LogP) is 3.26. The second kappa shape index (κ2) is 4.82. The number of H-pyrrole nitrogens is 1. The van der Waals surface area contributed by atoms with Crippen LogP contribution in [0.5, 0.6) is 0 Å². The van der Waals surface area contributed by atoms with Crippen LogP contribution < -0.4 is 0 Å². The average Bonchev–Trinajstić information content (AvgIpc) is 3.11. The van der Waals surface area contributed by atoms with Crippen molar-refractivity contribution in [3.05, 3.63) is 28.8 Å². The van der Waals surface area contributed by atoms with Gasteiger partial charge in [-0.3, -0.25) is 0 Å². The number of hydrogen-bond donors (Lipinski definition) is 1. The molecule has 0 saturated heterocycles. The number of nitrogens with one attached hydrogen (secondary N) is 1. The molecule has 5 heteroatoms. The molecule has 0 bridgehead atoms. The standard InChI is InChI=1S/C13H15FN2OS/c14-10-3-4-11-12(7-10)16(13(18)15-11)5-6-17-8-9-1-2-9/h3-4,7,9H,1-2,5-6,8H2,(H,15,18). The van der Waals surface area contributed by atoms with Crippen LogP contribution in [0.4, 0.5) is 4.39 Å². The monoisotopic (exact) mass is 266 g/mol. The van der Waals surface area contributed by atoms with E-state index in [1.807, 2.05) is 4.57 Å². The third kappa shape index (κ3) is 2.47. The van der Waals surface area contributed by atoms with Crippen LogP contribution >= 0.6 is 12.2 Å². The predicted molar refractivity (Wildman–Crippen MR) is 70.6 cm³/mol. The number of imidazole rings is 1. The van der Waals surface area contributed by atoms with E-state index in [1.165, 1.54) is 25.0 Å². The van der Waals surface area contributed by atoms with Crippen molar-refractivity contribution in [2.24, 2.45) is 5.92 Å². The largest absolute Gasteiger partial charge is 0.379 e. The molecule has 18 heavy (non-hydrogen) atoms. The van der Waals surface area contributed by atoms with Crippen molar-refractivity contribution >= 4 is 23.3 Å². The molecule has 1 aromatic heterocycles. The summed E-state index contributed by atoms with van der Waals surface area (Å²) in [5.41, 5.74) is 1.67. The topological polar surface area (TPSA) is 29.9 Å². The van der Waals surface area contributed by atoms with Crippen molar-refractivity contribution in [1.82, 2.24) is 9.55 Å². The first kappa shape index (κ1) is 11.9. The van der Waals surface area contributed by atoms with Gasteiger partial charge in [0.05, 0.1) is 17.6 Å². The first-order valence-corrected chi connectivity index (χ1v) is 6.60. The smallest absolute Gasteiger partial charge is 0.178 e. The molecule has 0 amide bonds. The molecule has 1 N–H and O–H groups in total. The van der Waals surface area contributed by atoms with E-state index in [0.717, 1.165) is 23.6 Å². The van der Waals surface area contributed by atoms with Crippen LogP contribution in [0.1, 0.15) is 12.8 Å². The van der Waals surface area contributed by atoms with Gasteiger partial charge in [0.25, 0.3) is 0 Å².